The molecule has 3 aromatic rings. The molecule has 2 aromatic carbocycles. The number of nitrogens with one attached hydrogen (secondary N) is 1. The lowest BCUT2D eigenvalue weighted by Gasteiger charge is -2.42. The molecule has 1 atom stereocenters. The van der Waals surface area contributed by atoms with Gasteiger partial charge in [0.05, 0.1) is 18.7 Å². The third-order valence-corrected chi connectivity index (χ3v) is 6.56. The molecule has 1 saturated heterocycles. The van der Waals surface area contributed by atoms with Gasteiger partial charge in [-0.15, -0.1) is 0 Å². The van der Waals surface area contributed by atoms with Crippen LogP contribution in [0, 0.1) is 5.41 Å². The Balaban J connectivity index is 1.52. The zero-order chi connectivity index (χ0) is 23.3. The summed E-state index contributed by atoms with van der Waals surface area (Å²) in [6.07, 6.45) is 6.63. The maximum Gasteiger partial charge on any atom is 0.227 e. The van der Waals surface area contributed by atoms with Gasteiger partial charge >= 0.3 is 0 Å². The van der Waals surface area contributed by atoms with Gasteiger partial charge in [0.2, 0.25) is 5.91 Å². The first kappa shape index (κ1) is 23.1. The lowest BCUT2D eigenvalue weighted by molar-refractivity contribution is -0.134. The Bertz CT molecular complexity index is 1060. The molecule has 1 aliphatic rings. The number of nitrogens with zero attached hydrogens (tertiary/aromatic N) is 3. The molecule has 0 saturated carbocycles. The van der Waals surface area contributed by atoms with Gasteiger partial charge in [0.1, 0.15) is 5.75 Å². The summed E-state index contributed by atoms with van der Waals surface area (Å²) in [5, 5.41) is 7.42. The average molecular weight is 447 g/mol. The van der Waals surface area contributed by atoms with Crippen LogP contribution in [-0.2, 0) is 24.8 Å². The van der Waals surface area contributed by atoms with Crippen molar-refractivity contribution in [1.29, 1.82) is 0 Å². The van der Waals surface area contributed by atoms with E-state index >= 15 is 0 Å². The molecule has 0 aliphatic carbocycles. The number of hydrogen-bond donors (Lipinski definition) is 1. The lowest BCUT2D eigenvalue weighted by atomic mass is 9.74. The number of rotatable bonds is 8. The molecule has 1 aromatic heterocycles. The van der Waals surface area contributed by atoms with Gasteiger partial charge in [0, 0.05) is 38.4 Å². The first-order valence-corrected chi connectivity index (χ1v) is 11.7. The second-order valence-corrected chi connectivity index (χ2v) is 9.08. The molecule has 6 heteroatoms. The molecule has 0 spiro atoms. The summed E-state index contributed by atoms with van der Waals surface area (Å²) in [5.41, 5.74) is 4.28. The maximum atomic E-state index is 13.3. The van der Waals surface area contributed by atoms with E-state index < -0.39 is 5.41 Å². The molecular formula is C27H34N4O2. The summed E-state index contributed by atoms with van der Waals surface area (Å²) in [6.45, 7) is 5.23. The van der Waals surface area contributed by atoms with Crippen LogP contribution in [0.15, 0.2) is 60.9 Å². The summed E-state index contributed by atoms with van der Waals surface area (Å²) in [4.78, 5) is 15.7. The third kappa shape index (κ3) is 5.45. The van der Waals surface area contributed by atoms with Crippen LogP contribution in [0.5, 0.6) is 5.75 Å². The number of aromatic nitrogens is 2. The average Bonchev–Trinajstić information content (AvgIpc) is 3.24. The number of likely N-dealkylation sites (tertiary alicyclic amines) is 1. The number of piperidine rings is 1. The quantitative estimate of drug-likeness (QED) is 0.567. The second kappa shape index (κ2) is 10.2. The number of amides is 1. The molecule has 1 N–H and O–H groups in total. The van der Waals surface area contributed by atoms with Crippen LogP contribution >= 0.6 is 0 Å². The molecule has 33 heavy (non-hydrogen) atoms. The van der Waals surface area contributed by atoms with Gasteiger partial charge in [-0.3, -0.25) is 14.4 Å². The van der Waals surface area contributed by atoms with E-state index in [0.717, 1.165) is 55.8 Å². The Morgan fingerprint density at radius 3 is 2.39 bits per heavy atom. The smallest absolute Gasteiger partial charge is 0.227 e. The van der Waals surface area contributed by atoms with Gasteiger partial charge in [-0.05, 0) is 61.6 Å². The van der Waals surface area contributed by atoms with E-state index in [1.54, 1.807) is 7.11 Å². The first-order chi connectivity index (χ1) is 16.0. The Hall–Kier alpha value is -3.12. The summed E-state index contributed by atoms with van der Waals surface area (Å²) in [5.74, 6) is 1.02. The molecule has 0 radical (unpaired) electrons. The van der Waals surface area contributed by atoms with Crippen LogP contribution in [0.4, 0.5) is 0 Å². The topological polar surface area (TPSA) is 59.4 Å². The highest BCUT2D eigenvalue weighted by atomic mass is 16.5. The van der Waals surface area contributed by atoms with E-state index in [0.29, 0.717) is 6.54 Å². The summed E-state index contributed by atoms with van der Waals surface area (Å²) >= 11 is 0. The zero-order valence-electron chi connectivity index (χ0n) is 19.9. The van der Waals surface area contributed by atoms with Crippen molar-refractivity contribution in [3.63, 3.8) is 0 Å². The van der Waals surface area contributed by atoms with Crippen LogP contribution in [0.25, 0.3) is 11.1 Å². The van der Waals surface area contributed by atoms with E-state index in [9.17, 15) is 4.79 Å². The molecule has 1 fully saturated rings. The Morgan fingerprint density at radius 1 is 1.09 bits per heavy atom. The van der Waals surface area contributed by atoms with E-state index in [4.69, 9.17) is 4.74 Å². The maximum absolute atomic E-state index is 13.3. The fourth-order valence-electron chi connectivity index (χ4n) is 4.92. The van der Waals surface area contributed by atoms with Crippen LogP contribution in [-0.4, -0.2) is 47.3 Å². The highest BCUT2D eigenvalue weighted by molar-refractivity contribution is 5.83. The Kier molecular flexibility index (Phi) is 7.14. The van der Waals surface area contributed by atoms with Crippen LogP contribution in [0.2, 0.25) is 0 Å². The molecular weight excluding hydrogens is 412 g/mol. The minimum Gasteiger partial charge on any atom is -0.497 e. The van der Waals surface area contributed by atoms with Gasteiger partial charge in [-0.2, -0.15) is 5.10 Å². The molecule has 1 aliphatic heterocycles. The summed E-state index contributed by atoms with van der Waals surface area (Å²) in [7, 11) is 3.62. The number of methoxy groups -OCH3 is 1. The van der Waals surface area contributed by atoms with Crippen molar-refractivity contribution in [3.05, 3.63) is 72.1 Å². The van der Waals surface area contributed by atoms with Gasteiger partial charge in [-0.25, -0.2) is 0 Å². The van der Waals surface area contributed by atoms with Crippen molar-refractivity contribution >= 4 is 5.91 Å². The van der Waals surface area contributed by atoms with Gasteiger partial charge in [-0.1, -0.05) is 36.4 Å². The van der Waals surface area contributed by atoms with Crippen molar-refractivity contribution in [1.82, 2.24) is 20.0 Å². The van der Waals surface area contributed by atoms with Crippen molar-refractivity contribution in [2.75, 3.05) is 26.7 Å². The van der Waals surface area contributed by atoms with Crippen molar-refractivity contribution in [3.8, 4) is 16.9 Å². The highest BCUT2D eigenvalue weighted by Crippen LogP contribution is 2.35. The standard InChI is InChI=1S/C27H34N4O2/c1-4-28-26(32)27(14-5-15-31(20-27)19-22-17-29-30(2)18-22)16-21-6-8-23(9-7-21)24-10-12-25(33-3)13-11-24/h6-13,17-18H,4-5,14-16,19-20H2,1-3H3,(H,28,32)/t27-/m1/s1. The first-order valence-electron chi connectivity index (χ1n) is 11.7. The summed E-state index contributed by atoms with van der Waals surface area (Å²) in [6, 6.07) is 16.7. The zero-order valence-corrected chi connectivity index (χ0v) is 19.9. The molecule has 6 nitrogen and oxygen atoms in total. The van der Waals surface area contributed by atoms with Gasteiger partial charge in [0.25, 0.3) is 0 Å². The Labute approximate surface area is 196 Å². The van der Waals surface area contributed by atoms with Crippen LogP contribution < -0.4 is 10.1 Å². The number of aryl methyl sites for hydroxylation is 1. The molecule has 0 unspecified atom stereocenters. The third-order valence-electron chi connectivity index (χ3n) is 6.56. The van der Waals surface area contributed by atoms with E-state index in [1.807, 2.05) is 37.0 Å². The monoisotopic (exact) mass is 446 g/mol. The number of carbonyl (C=O) groups excluding carboxylic acids is 1. The minimum atomic E-state index is -0.419. The lowest BCUT2D eigenvalue weighted by Crippen LogP contribution is -2.52. The molecule has 4 rings (SSSR count). The predicted octanol–water partition coefficient (Wildman–Crippen LogP) is 4.06. The number of hydrogen-bond acceptors (Lipinski definition) is 4. The normalized spacial score (nSPS) is 18.8. The minimum absolute atomic E-state index is 0.167. The van der Waals surface area contributed by atoms with Crippen LogP contribution in [0.1, 0.15) is 30.9 Å². The number of carbonyl (C=O) groups is 1. The van der Waals surface area contributed by atoms with Crippen molar-refractivity contribution < 1.29 is 9.53 Å². The van der Waals surface area contributed by atoms with E-state index in [1.165, 1.54) is 11.1 Å². The van der Waals surface area contributed by atoms with E-state index in [2.05, 4.69) is 57.9 Å². The predicted molar refractivity (Wildman–Crippen MR) is 131 cm³/mol. The summed E-state index contributed by atoms with van der Waals surface area (Å²) < 4.78 is 7.10. The molecule has 0 bridgehead atoms. The fourth-order valence-corrected chi connectivity index (χ4v) is 4.92. The largest absolute Gasteiger partial charge is 0.497 e. The number of ether oxygens (including phenoxy) is 1. The molecule has 2 heterocycles. The SMILES string of the molecule is CCNC(=O)[C@@]1(Cc2ccc(-c3ccc(OC)cc3)cc2)CCCN(Cc2cnn(C)c2)C1. The van der Waals surface area contributed by atoms with E-state index in [-0.39, 0.29) is 5.91 Å². The van der Waals surface area contributed by atoms with Gasteiger partial charge in [0.15, 0.2) is 0 Å². The second-order valence-electron chi connectivity index (χ2n) is 9.08. The van der Waals surface area contributed by atoms with Crippen molar-refractivity contribution in [2.24, 2.45) is 12.5 Å². The van der Waals surface area contributed by atoms with Crippen molar-refractivity contribution in [2.45, 2.75) is 32.7 Å². The highest BCUT2D eigenvalue weighted by Gasteiger charge is 2.42. The molecule has 174 valence electrons. The fraction of sp³-hybridized carbons (Fsp3) is 0.407. The Morgan fingerprint density at radius 2 is 1.79 bits per heavy atom. The molecule has 1 amide bonds. The van der Waals surface area contributed by atoms with Crippen LogP contribution in [0.3, 0.4) is 0 Å². The number of benzene rings is 2. The van der Waals surface area contributed by atoms with Gasteiger partial charge < -0.3 is 10.1 Å².